The summed E-state index contributed by atoms with van der Waals surface area (Å²) in [6.45, 7) is 1.52. The summed E-state index contributed by atoms with van der Waals surface area (Å²) in [5.41, 5.74) is 0.518. The van der Waals surface area contributed by atoms with E-state index in [1.54, 1.807) is 19.1 Å². The predicted octanol–water partition coefficient (Wildman–Crippen LogP) is 0.896. The monoisotopic (exact) mass is 278 g/mol. The smallest absolute Gasteiger partial charge is 0.256 e. The van der Waals surface area contributed by atoms with E-state index in [1.165, 1.54) is 16.7 Å². The molecule has 0 spiro atoms. The minimum Gasteiger partial charge on any atom is -0.318 e. The minimum absolute atomic E-state index is 0.0888. The molecule has 0 bridgehead atoms. The lowest BCUT2D eigenvalue weighted by molar-refractivity contribution is -0.138. The maximum absolute atomic E-state index is 12.5. The molecule has 1 N–H and O–H groups in total. The van der Waals surface area contributed by atoms with Crippen molar-refractivity contribution in [1.29, 1.82) is 0 Å². The van der Waals surface area contributed by atoms with Crippen LogP contribution in [0.5, 0.6) is 0 Å². The number of benzene rings is 1. The van der Waals surface area contributed by atoms with Crippen LogP contribution in [-0.4, -0.2) is 41.5 Å². The number of carbonyl (C=O) groups is 3. The first-order valence-electron chi connectivity index (χ1n) is 5.82. The van der Waals surface area contributed by atoms with Gasteiger partial charge in [-0.2, -0.15) is 0 Å². The number of nitrogens with zero attached hydrogens (tertiary/aromatic N) is 1. The van der Waals surface area contributed by atoms with E-state index in [2.05, 4.69) is 5.32 Å². The highest BCUT2D eigenvalue weighted by atomic mass is 32.2. The number of hydrogen-bond donors (Lipinski definition) is 1. The molecule has 5 nitrogen and oxygen atoms in total. The average molecular weight is 278 g/mol. The van der Waals surface area contributed by atoms with Gasteiger partial charge in [-0.25, -0.2) is 0 Å². The molecule has 2 rings (SSSR count). The Labute approximate surface area is 115 Å². The lowest BCUT2D eigenvalue weighted by atomic mass is 10.1. The summed E-state index contributed by atoms with van der Waals surface area (Å²) in [5.74, 6) is -1.18. The van der Waals surface area contributed by atoms with E-state index in [4.69, 9.17) is 0 Å². The van der Waals surface area contributed by atoms with Crippen LogP contribution >= 0.6 is 11.8 Å². The Bertz CT molecular complexity index is 544. The van der Waals surface area contributed by atoms with Gasteiger partial charge in [0.2, 0.25) is 11.8 Å². The number of thioether (sulfide) groups is 1. The molecule has 0 aromatic heterocycles. The van der Waals surface area contributed by atoms with Gasteiger partial charge in [-0.1, -0.05) is 12.1 Å². The number of hydrogen-bond acceptors (Lipinski definition) is 4. The molecule has 0 radical (unpaired) electrons. The topological polar surface area (TPSA) is 66.5 Å². The second-order valence-electron chi connectivity index (χ2n) is 4.22. The Kier molecular flexibility index (Phi) is 3.90. The Morgan fingerprint density at radius 3 is 2.74 bits per heavy atom. The number of piperazine rings is 1. The molecule has 0 saturated carbocycles. The van der Waals surface area contributed by atoms with Crippen molar-refractivity contribution in [3.8, 4) is 0 Å². The second kappa shape index (κ2) is 5.44. The van der Waals surface area contributed by atoms with E-state index in [1.807, 2.05) is 18.4 Å². The highest BCUT2D eigenvalue weighted by molar-refractivity contribution is 7.98. The normalized spacial score (nSPS) is 19.3. The van der Waals surface area contributed by atoms with Gasteiger partial charge in [-0.05, 0) is 25.3 Å². The molecule has 6 heteroatoms. The molecule has 0 aliphatic carbocycles. The third-order valence-corrected chi connectivity index (χ3v) is 3.82. The van der Waals surface area contributed by atoms with Crippen molar-refractivity contribution in [3.05, 3.63) is 29.8 Å². The number of imide groups is 1. The lowest BCUT2D eigenvalue weighted by Gasteiger charge is -2.32. The van der Waals surface area contributed by atoms with E-state index in [9.17, 15) is 14.4 Å². The first-order chi connectivity index (χ1) is 9.04. The third kappa shape index (κ3) is 2.63. The van der Waals surface area contributed by atoms with E-state index in [0.717, 1.165) is 4.90 Å². The van der Waals surface area contributed by atoms with Crippen LogP contribution in [0.2, 0.25) is 0 Å². The Balaban J connectivity index is 2.32. The molecule has 1 aliphatic rings. The summed E-state index contributed by atoms with van der Waals surface area (Å²) in [7, 11) is 0. The zero-order chi connectivity index (χ0) is 14.0. The van der Waals surface area contributed by atoms with Crippen LogP contribution in [0.3, 0.4) is 0 Å². The maximum Gasteiger partial charge on any atom is 0.256 e. The molecule has 1 aromatic rings. The number of carbonyl (C=O) groups excluding carboxylic acids is 3. The standard InChI is InChI=1S/C13H14N2O3S/c1-8-12(17)14-11(16)7-15(8)13(18)9-5-3-4-6-10(9)19-2/h3-6,8H,7H2,1-2H3,(H,14,16,17). The minimum atomic E-state index is -0.639. The van der Waals surface area contributed by atoms with Crippen LogP contribution in [-0.2, 0) is 9.59 Å². The molecule has 1 atom stereocenters. The molecule has 1 aliphatic heterocycles. The van der Waals surface area contributed by atoms with Crippen LogP contribution in [0.15, 0.2) is 29.2 Å². The molecule has 1 fully saturated rings. The highest BCUT2D eigenvalue weighted by Gasteiger charge is 2.34. The summed E-state index contributed by atoms with van der Waals surface area (Å²) in [4.78, 5) is 37.6. The second-order valence-corrected chi connectivity index (χ2v) is 5.07. The summed E-state index contributed by atoms with van der Waals surface area (Å²) >= 11 is 1.46. The van der Waals surface area contributed by atoms with Gasteiger partial charge in [0.1, 0.15) is 12.6 Å². The van der Waals surface area contributed by atoms with Crippen LogP contribution in [0, 0.1) is 0 Å². The first kappa shape index (κ1) is 13.6. The third-order valence-electron chi connectivity index (χ3n) is 3.02. The fourth-order valence-electron chi connectivity index (χ4n) is 1.94. The first-order valence-corrected chi connectivity index (χ1v) is 7.04. The van der Waals surface area contributed by atoms with Gasteiger partial charge in [-0.15, -0.1) is 11.8 Å². The van der Waals surface area contributed by atoms with E-state index in [-0.39, 0.29) is 12.5 Å². The summed E-state index contributed by atoms with van der Waals surface area (Å²) in [6, 6.07) is 6.52. The number of nitrogens with one attached hydrogen (secondary N) is 1. The van der Waals surface area contributed by atoms with Gasteiger partial charge in [0.05, 0.1) is 5.56 Å². The molecular formula is C13H14N2O3S. The molecular weight excluding hydrogens is 264 g/mol. The summed E-state index contributed by atoms with van der Waals surface area (Å²) < 4.78 is 0. The maximum atomic E-state index is 12.5. The van der Waals surface area contributed by atoms with Crippen molar-refractivity contribution < 1.29 is 14.4 Å². The Morgan fingerprint density at radius 2 is 2.05 bits per heavy atom. The molecule has 1 saturated heterocycles. The van der Waals surface area contributed by atoms with Crippen molar-refractivity contribution in [2.75, 3.05) is 12.8 Å². The highest BCUT2D eigenvalue weighted by Crippen LogP contribution is 2.22. The molecule has 1 heterocycles. The summed E-state index contributed by atoms with van der Waals surface area (Å²) in [5, 5.41) is 2.22. The van der Waals surface area contributed by atoms with Crippen molar-refractivity contribution >= 4 is 29.5 Å². The van der Waals surface area contributed by atoms with Crippen LogP contribution in [0.1, 0.15) is 17.3 Å². The quantitative estimate of drug-likeness (QED) is 0.644. The van der Waals surface area contributed by atoms with Gasteiger partial charge >= 0.3 is 0 Å². The zero-order valence-electron chi connectivity index (χ0n) is 10.7. The van der Waals surface area contributed by atoms with E-state index >= 15 is 0 Å². The van der Waals surface area contributed by atoms with Crippen molar-refractivity contribution in [2.24, 2.45) is 0 Å². The summed E-state index contributed by atoms with van der Waals surface area (Å²) in [6.07, 6.45) is 1.88. The van der Waals surface area contributed by atoms with Crippen molar-refractivity contribution in [1.82, 2.24) is 10.2 Å². The predicted molar refractivity (Wildman–Crippen MR) is 71.9 cm³/mol. The van der Waals surface area contributed by atoms with Gasteiger partial charge in [-0.3, -0.25) is 19.7 Å². The largest absolute Gasteiger partial charge is 0.318 e. The van der Waals surface area contributed by atoms with Crippen LogP contribution in [0.4, 0.5) is 0 Å². The van der Waals surface area contributed by atoms with Crippen LogP contribution in [0.25, 0.3) is 0 Å². The fraction of sp³-hybridized carbons (Fsp3) is 0.308. The fourth-order valence-corrected chi connectivity index (χ4v) is 2.53. The zero-order valence-corrected chi connectivity index (χ0v) is 11.5. The van der Waals surface area contributed by atoms with Gasteiger partial charge in [0, 0.05) is 4.90 Å². The average Bonchev–Trinajstić information content (AvgIpc) is 2.42. The molecule has 1 aromatic carbocycles. The molecule has 1 unspecified atom stereocenters. The SMILES string of the molecule is CSc1ccccc1C(=O)N1CC(=O)NC(=O)C1C. The van der Waals surface area contributed by atoms with Crippen molar-refractivity contribution in [3.63, 3.8) is 0 Å². The molecule has 19 heavy (non-hydrogen) atoms. The van der Waals surface area contributed by atoms with Gasteiger partial charge in [0.15, 0.2) is 0 Å². The van der Waals surface area contributed by atoms with Crippen molar-refractivity contribution in [2.45, 2.75) is 17.9 Å². The van der Waals surface area contributed by atoms with Crippen LogP contribution < -0.4 is 5.32 Å². The van der Waals surface area contributed by atoms with Gasteiger partial charge in [0.25, 0.3) is 5.91 Å². The molecule has 3 amide bonds. The lowest BCUT2D eigenvalue weighted by Crippen LogP contribution is -2.58. The Morgan fingerprint density at radius 1 is 1.37 bits per heavy atom. The van der Waals surface area contributed by atoms with E-state index in [0.29, 0.717) is 5.56 Å². The number of rotatable bonds is 2. The Hall–Kier alpha value is -1.82. The van der Waals surface area contributed by atoms with Gasteiger partial charge < -0.3 is 4.90 Å². The number of amides is 3. The van der Waals surface area contributed by atoms with E-state index < -0.39 is 17.9 Å². The molecule has 100 valence electrons.